The molecule has 0 atom stereocenters. The maximum atomic E-state index is 6.08. The Morgan fingerprint density at radius 1 is 0.897 bits per heavy atom. The molecule has 0 saturated carbocycles. The summed E-state index contributed by atoms with van der Waals surface area (Å²) < 4.78 is 1.29. The lowest BCUT2D eigenvalue weighted by atomic mass is 10.0. The lowest BCUT2D eigenvalue weighted by Gasteiger charge is -2.06. The van der Waals surface area contributed by atoms with Crippen LogP contribution in [-0.4, -0.2) is 37.6 Å². The Hall–Kier alpha value is -4.00. The number of hydrogen-bond donors (Lipinski definition) is 1. The molecule has 1 N–H and O–H groups in total. The lowest BCUT2D eigenvalue weighted by Crippen LogP contribution is -1.95. The molecular formula is C22H13BN6. The molecule has 4 heterocycles. The average molecular weight is 372 g/mol. The van der Waals surface area contributed by atoms with Crippen LogP contribution in [0.25, 0.3) is 55.5 Å². The van der Waals surface area contributed by atoms with Crippen LogP contribution in [-0.2, 0) is 0 Å². The summed E-state index contributed by atoms with van der Waals surface area (Å²) in [6.07, 6.45) is 5.53. The maximum absolute atomic E-state index is 6.08. The number of hydrogen-bond acceptors (Lipinski definition) is 4. The number of imidazole rings is 1. The second kappa shape index (κ2) is 6.00. The number of rotatable bonds is 2. The quantitative estimate of drug-likeness (QED) is 0.464. The monoisotopic (exact) mass is 372 g/mol. The summed E-state index contributed by atoms with van der Waals surface area (Å²) in [7, 11) is 6.08. The summed E-state index contributed by atoms with van der Waals surface area (Å²) in [6.45, 7) is 0. The van der Waals surface area contributed by atoms with Crippen LogP contribution >= 0.6 is 0 Å². The van der Waals surface area contributed by atoms with Crippen LogP contribution in [0.15, 0.2) is 73.2 Å². The molecule has 0 spiro atoms. The number of pyridine rings is 2. The van der Waals surface area contributed by atoms with Crippen molar-refractivity contribution < 1.29 is 0 Å². The summed E-state index contributed by atoms with van der Waals surface area (Å²) in [5, 5.41) is 7.51. The standard InChI is InChI=1S/C22H13BN6/c23-29-22-16(20(28-29)21-26-18-7-3-4-8-19(18)27-21)9-14(11-25-22)17-12-24-10-13-5-1-2-6-15(13)17/h1-12H,(H,26,27). The first-order valence-corrected chi connectivity index (χ1v) is 9.20. The number of H-pyrrole nitrogens is 1. The number of nitrogens with one attached hydrogen (secondary N) is 1. The van der Waals surface area contributed by atoms with Gasteiger partial charge in [0.1, 0.15) is 11.3 Å². The van der Waals surface area contributed by atoms with Crippen molar-refractivity contribution in [3.05, 3.63) is 73.2 Å². The highest BCUT2D eigenvalue weighted by Crippen LogP contribution is 2.32. The van der Waals surface area contributed by atoms with E-state index in [9.17, 15) is 0 Å². The summed E-state index contributed by atoms with van der Waals surface area (Å²) >= 11 is 0. The zero-order chi connectivity index (χ0) is 19.4. The minimum absolute atomic E-state index is 0.595. The van der Waals surface area contributed by atoms with Crippen LogP contribution in [0.2, 0.25) is 0 Å². The van der Waals surface area contributed by atoms with E-state index < -0.39 is 0 Å². The largest absolute Gasteiger partial charge is 0.337 e. The Morgan fingerprint density at radius 2 is 1.76 bits per heavy atom. The van der Waals surface area contributed by atoms with Gasteiger partial charge in [0, 0.05) is 40.5 Å². The van der Waals surface area contributed by atoms with E-state index in [0.29, 0.717) is 17.2 Å². The first-order chi connectivity index (χ1) is 14.3. The van der Waals surface area contributed by atoms with E-state index in [1.807, 2.05) is 54.9 Å². The smallest absolute Gasteiger partial charge is 0.267 e. The highest BCUT2D eigenvalue weighted by atomic mass is 15.3. The van der Waals surface area contributed by atoms with E-state index in [1.54, 1.807) is 6.20 Å². The van der Waals surface area contributed by atoms with Crippen LogP contribution in [0.4, 0.5) is 0 Å². The minimum Gasteiger partial charge on any atom is -0.337 e. The first-order valence-electron chi connectivity index (χ1n) is 9.20. The van der Waals surface area contributed by atoms with Crippen molar-refractivity contribution in [2.45, 2.75) is 0 Å². The van der Waals surface area contributed by atoms with Crippen molar-refractivity contribution in [2.24, 2.45) is 0 Å². The van der Waals surface area contributed by atoms with E-state index in [-0.39, 0.29) is 0 Å². The van der Waals surface area contributed by atoms with Crippen LogP contribution in [0.5, 0.6) is 0 Å². The second-order valence-electron chi connectivity index (χ2n) is 6.90. The molecule has 6 aromatic rings. The zero-order valence-corrected chi connectivity index (χ0v) is 15.2. The molecule has 0 amide bonds. The van der Waals surface area contributed by atoms with Crippen molar-refractivity contribution >= 4 is 40.8 Å². The molecule has 0 fully saturated rings. The van der Waals surface area contributed by atoms with Crippen LogP contribution in [0, 0.1) is 0 Å². The Morgan fingerprint density at radius 3 is 2.69 bits per heavy atom. The Kier molecular flexibility index (Phi) is 3.31. The average Bonchev–Trinajstić information content (AvgIpc) is 3.34. The van der Waals surface area contributed by atoms with E-state index in [4.69, 9.17) is 7.98 Å². The molecule has 0 aliphatic rings. The van der Waals surface area contributed by atoms with Gasteiger partial charge in [-0.25, -0.2) is 9.97 Å². The molecule has 2 radical (unpaired) electrons. The zero-order valence-electron chi connectivity index (χ0n) is 15.2. The van der Waals surface area contributed by atoms with Gasteiger partial charge in [0.05, 0.1) is 11.0 Å². The van der Waals surface area contributed by atoms with Gasteiger partial charge in [-0.1, -0.05) is 36.4 Å². The summed E-state index contributed by atoms with van der Waals surface area (Å²) in [5.41, 5.74) is 5.05. The molecule has 6 nitrogen and oxygen atoms in total. The number of nitrogens with zero attached hydrogens (tertiary/aromatic N) is 5. The summed E-state index contributed by atoms with van der Waals surface area (Å²) in [4.78, 5) is 17.0. The predicted octanol–water partition coefficient (Wildman–Crippen LogP) is 4.12. The molecule has 7 heteroatoms. The van der Waals surface area contributed by atoms with Gasteiger partial charge in [0.2, 0.25) is 0 Å². The van der Waals surface area contributed by atoms with E-state index in [2.05, 4.69) is 37.2 Å². The highest BCUT2D eigenvalue weighted by molar-refractivity contribution is 6.12. The van der Waals surface area contributed by atoms with Gasteiger partial charge in [-0.2, -0.15) is 5.10 Å². The fourth-order valence-corrected chi connectivity index (χ4v) is 3.76. The molecule has 0 aliphatic heterocycles. The topological polar surface area (TPSA) is 72.3 Å². The van der Waals surface area contributed by atoms with Crippen LogP contribution in [0.1, 0.15) is 0 Å². The molecule has 0 saturated heterocycles. The summed E-state index contributed by atoms with van der Waals surface area (Å²) in [5.74, 6) is 0.662. The molecule has 29 heavy (non-hydrogen) atoms. The summed E-state index contributed by atoms with van der Waals surface area (Å²) in [6, 6.07) is 18.1. The third-order valence-corrected chi connectivity index (χ3v) is 5.14. The van der Waals surface area contributed by atoms with E-state index >= 15 is 0 Å². The SMILES string of the molecule is [B]n1nc(-c2nc3ccccc3[nH]2)c2cc(-c3cncc4ccccc34)cnc21. The molecule has 0 aliphatic carbocycles. The number of para-hydroxylation sites is 2. The van der Waals surface area contributed by atoms with Gasteiger partial charge in [-0.05, 0) is 23.6 Å². The van der Waals surface area contributed by atoms with Gasteiger partial charge >= 0.3 is 0 Å². The molecule has 6 rings (SSSR count). The third-order valence-electron chi connectivity index (χ3n) is 5.14. The Labute approximate surface area is 166 Å². The van der Waals surface area contributed by atoms with Gasteiger partial charge in [-0.15, -0.1) is 0 Å². The first kappa shape index (κ1) is 16.0. The lowest BCUT2D eigenvalue weighted by molar-refractivity contribution is 1.00. The number of fused-ring (bicyclic) bond motifs is 3. The molecule has 4 aromatic heterocycles. The fraction of sp³-hybridized carbons (Fsp3) is 0. The normalized spacial score (nSPS) is 11.6. The van der Waals surface area contributed by atoms with Crippen molar-refractivity contribution in [2.75, 3.05) is 0 Å². The van der Waals surface area contributed by atoms with Gasteiger partial charge in [0.15, 0.2) is 5.82 Å². The van der Waals surface area contributed by atoms with Crippen molar-refractivity contribution in [1.82, 2.24) is 29.6 Å². The number of benzene rings is 2. The third kappa shape index (κ3) is 2.44. The minimum atomic E-state index is 0.595. The van der Waals surface area contributed by atoms with Gasteiger partial charge in [-0.3, -0.25) is 4.98 Å². The van der Waals surface area contributed by atoms with Crippen LogP contribution in [0.3, 0.4) is 0 Å². The Balaban J connectivity index is 1.60. The van der Waals surface area contributed by atoms with Gasteiger partial charge in [0.25, 0.3) is 7.98 Å². The molecule has 134 valence electrons. The maximum Gasteiger partial charge on any atom is 0.267 e. The van der Waals surface area contributed by atoms with Gasteiger partial charge < -0.3 is 9.58 Å². The molecule has 2 aromatic carbocycles. The molecule has 0 bridgehead atoms. The highest BCUT2D eigenvalue weighted by Gasteiger charge is 2.16. The van der Waals surface area contributed by atoms with Crippen LogP contribution < -0.4 is 0 Å². The second-order valence-corrected chi connectivity index (χ2v) is 6.90. The molecule has 0 unspecified atom stereocenters. The van der Waals surface area contributed by atoms with Crippen molar-refractivity contribution in [3.8, 4) is 22.6 Å². The van der Waals surface area contributed by atoms with E-state index in [1.165, 1.54) is 4.59 Å². The predicted molar refractivity (Wildman–Crippen MR) is 115 cm³/mol. The van der Waals surface area contributed by atoms with E-state index in [0.717, 1.165) is 38.3 Å². The van der Waals surface area contributed by atoms with Crippen molar-refractivity contribution in [1.29, 1.82) is 0 Å². The number of aromatic amines is 1. The fourth-order valence-electron chi connectivity index (χ4n) is 3.76. The molecular weight excluding hydrogens is 359 g/mol. The number of aromatic nitrogens is 6. The van der Waals surface area contributed by atoms with Crippen molar-refractivity contribution in [3.63, 3.8) is 0 Å². The Bertz CT molecular complexity index is 1490.